The maximum Gasteiger partial charge on any atom is 0.416 e. The van der Waals surface area contributed by atoms with E-state index < -0.39 is 23.7 Å². The van der Waals surface area contributed by atoms with Crippen molar-refractivity contribution in [3.05, 3.63) is 28.2 Å². The fraction of sp³-hybridized carbons (Fsp3) is 0.417. The van der Waals surface area contributed by atoms with Crippen LogP contribution in [0.2, 0.25) is 0 Å². The molecule has 0 unspecified atom stereocenters. The quantitative estimate of drug-likeness (QED) is 0.833. The first-order valence-corrected chi connectivity index (χ1v) is 7.86. The number of anilines is 1. The van der Waals surface area contributed by atoms with Crippen molar-refractivity contribution in [3.63, 3.8) is 0 Å². The summed E-state index contributed by atoms with van der Waals surface area (Å²) in [5.74, 6) is 0.214. The number of nitrogens with one attached hydrogen (secondary N) is 1. The number of hydrogen-bond acceptors (Lipinski definition) is 3. The summed E-state index contributed by atoms with van der Waals surface area (Å²) in [6, 6.07) is 2.48. The van der Waals surface area contributed by atoms with Gasteiger partial charge in [-0.25, -0.2) is 0 Å². The molecule has 1 amide bonds. The third kappa shape index (κ3) is 5.34. The van der Waals surface area contributed by atoms with Gasteiger partial charge in [0.05, 0.1) is 11.6 Å². The van der Waals surface area contributed by atoms with Gasteiger partial charge in [0.15, 0.2) is 0 Å². The summed E-state index contributed by atoms with van der Waals surface area (Å²) in [5.41, 5.74) is 4.89. The topological polar surface area (TPSA) is 55.1 Å². The molecule has 0 bridgehead atoms. The maximum atomic E-state index is 12.6. The number of carbonyl (C=O) groups excluding carboxylic acids is 1. The van der Waals surface area contributed by atoms with Crippen LogP contribution in [0.3, 0.4) is 0 Å². The lowest BCUT2D eigenvalue weighted by molar-refractivity contribution is -0.137. The van der Waals surface area contributed by atoms with Crippen LogP contribution in [0.25, 0.3) is 0 Å². The molecule has 1 aromatic carbocycles. The molecule has 3 nitrogen and oxygen atoms in total. The first-order valence-electron chi connectivity index (χ1n) is 5.67. The van der Waals surface area contributed by atoms with E-state index in [-0.39, 0.29) is 10.2 Å². The predicted molar refractivity (Wildman–Crippen MR) is 78.7 cm³/mol. The largest absolute Gasteiger partial charge is 0.416 e. The van der Waals surface area contributed by atoms with Crippen molar-refractivity contribution in [1.82, 2.24) is 0 Å². The number of halogens is 4. The van der Waals surface area contributed by atoms with Crippen molar-refractivity contribution in [3.8, 4) is 0 Å². The molecular formula is C12H14BrF3N2OS. The van der Waals surface area contributed by atoms with Gasteiger partial charge in [0.1, 0.15) is 0 Å². The second kappa shape index (κ2) is 7.33. The summed E-state index contributed by atoms with van der Waals surface area (Å²) in [5, 5.41) is 2.40. The maximum absolute atomic E-state index is 12.6. The van der Waals surface area contributed by atoms with E-state index in [4.69, 9.17) is 5.73 Å². The van der Waals surface area contributed by atoms with E-state index in [1.165, 1.54) is 6.07 Å². The van der Waals surface area contributed by atoms with Crippen LogP contribution in [0, 0.1) is 0 Å². The van der Waals surface area contributed by atoms with Gasteiger partial charge >= 0.3 is 6.18 Å². The Morgan fingerprint density at radius 2 is 2.10 bits per heavy atom. The summed E-state index contributed by atoms with van der Waals surface area (Å²) in [6.45, 7) is 0. The highest BCUT2D eigenvalue weighted by Crippen LogP contribution is 2.33. The van der Waals surface area contributed by atoms with Crippen LogP contribution < -0.4 is 11.1 Å². The van der Waals surface area contributed by atoms with Crippen molar-refractivity contribution < 1.29 is 18.0 Å². The molecule has 8 heteroatoms. The number of benzene rings is 1. The third-order valence-corrected chi connectivity index (χ3v) is 3.56. The van der Waals surface area contributed by atoms with Crippen molar-refractivity contribution in [2.45, 2.75) is 18.6 Å². The molecule has 0 heterocycles. The number of thioether (sulfide) groups is 1. The second-order valence-electron chi connectivity index (χ2n) is 4.10. The van der Waals surface area contributed by atoms with Crippen molar-refractivity contribution in [2.24, 2.45) is 5.73 Å². The zero-order valence-corrected chi connectivity index (χ0v) is 13.0. The lowest BCUT2D eigenvalue weighted by atomic mass is 10.1. The highest BCUT2D eigenvalue weighted by molar-refractivity contribution is 9.10. The van der Waals surface area contributed by atoms with Crippen molar-refractivity contribution in [2.75, 3.05) is 17.3 Å². The average Bonchev–Trinajstić information content (AvgIpc) is 2.34. The van der Waals surface area contributed by atoms with Crippen molar-refractivity contribution >= 4 is 39.3 Å². The summed E-state index contributed by atoms with van der Waals surface area (Å²) in [4.78, 5) is 11.7. The Labute approximate surface area is 127 Å². The first-order chi connectivity index (χ1) is 9.24. The molecule has 0 radical (unpaired) electrons. The Bertz CT molecular complexity index is 482. The molecule has 0 saturated carbocycles. The number of amides is 1. The minimum absolute atomic E-state index is 0.0660. The molecule has 0 aromatic heterocycles. The Balaban J connectivity index is 2.82. The summed E-state index contributed by atoms with van der Waals surface area (Å²) < 4.78 is 38.2. The molecule has 20 heavy (non-hydrogen) atoms. The minimum atomic E-state index is -4.47. The Kier molecular flexibility index (Phi) is 6.35. The van der Waals surface area contributed by atoms with Gasteiger partial charge in [-0.1, -0.05) is 15.9 Å². The molecule has 0 aliphatic carbocycles. The zero-order valence-electron chi connectivity index (χ0n) is 10.6. The van der Waals surface area contributed by atoms with Gasteiger partial charge in [-0.2, -0.15) is 24.9 Å². The van der Waals surface area contributed by atoms with E-state index in [2.05, 4.69) is 21.2 Å². The number of nitrogens with two attached hydrogens (primary N) is 1. The van der Waals surface area contributed by atoms with Gasteiger partial charge < -0.3 is 11.1 Å². The smallest absolute Gasteiger partial charge is 0.325 e. The molecule has 112 valence electrons. The lowest BCUT2D eigenvalue weighted by Gasteiger charge is -2.14. The normalized spacial score (nSPS) is 13.1. The minimum Gasteiger partial charge on any atom is -0.325 e. The monoisotopic (exact) mass is 370 g/mol. The molecule has 1 atom stereocenters. The SMILES string of the molecule is CSCC[C@H](N)C(=O)Nc1cc(Br)cc(C(F)(F)F)c1. The number of alkyl halides is 3. The van der Waals surface area contributed by atoms with E-state index in [1.807, 2.05) is 6.26 Å². The number of rotatable bonds is 5. The first kappa shape index (κ1) is 17.3. The number of carbonyl (C=O) groups is 1. The van der Waals surface area contributed by atoms with Crippen LogP contribution in [-0.2, 0) is 11.0 Å². The Morgan fingerprint density at radius 1 is 1.45 bits per heavy atom. The summed E-state index contributed by atoms with van der Waals surface area (Å²) in [7, 11) is 0. The highest BCUT2D eigenvalue weighted by Gasteiger charge is 2.31. The van der Waals surface area contributed by atoms with Gasteiger partial charge in [-0.05, 0) is 36.6 Å². The van der Waals surface area contributed by atoms with Crippen molar-refractivity contribution in [1.29, 1.82) is 0 Å². The standard InChI is InChI=1S/C12H14BrF3N2OS/c1-20-3-2-10(17)11(19)18-9-5-7(12(14,15)16)4-8(13)6-9/h4-6,10H,2-3,17H2,1H3,(H,18,19)/t10-/m0/s1. The lowest BCUT2D eigenvalue weighted by Crippen LogP contribution is -2.36. The molecule has 0 spiro atoms. The molecular weight excluding hydrogens is 357 g/mol. The van der Waals surface area contributed by atoms with Crippen LogP contribution in [0.15, 0.2) is 22.7 Å². The van der Waals surface area contributed by atoms with E-state index in [0.29, 0.717) is 12.2 Å². The molecule has 1 rings (SSSR count). The van der Waals surface area contributed by atoms with Crippen LogP contribution in [0.1, 0.15) is 12.0 Å². The molecule has 3 N–H and O–H groups in total. The molecule has 0 aliphatic rings. The van der Waals surface area contributed by atoms with Gasteiger partial charge in [0.25, 0.3) is 0 Å². The Morgan fingerprint density at radius 3 is 2.65 bits per heavy atom. The van der Waals surface area contributed by atoms with E-state index in [0.717, 1.165) is 12.1 Å². The van der Waals surface area contributed by atoms with Gasteiger partial charge in [-0.15, -0.1) is 0 Å². The number of hydrogen-bond donors (Lipinski definition) is 2. The summed E-state index contributed by atoms with van der Waals surface area (Å²) >= 11 is 4.53. The Hall–Kier alpha value is -0.730. The predicted octanol–water partition coefficient (Wildman–Crippen LogP) is 3.49. The van der Waals surface area contributed by atoms with E-state index in [1.54, 1.807) is 11.8 Å². The highest BCUT2D eigenvalue weighted by atomic mass is 79.9. The van der Waals surface area contributed by atoms with Gasteiger partial charge in [0, 0.05) is 10.2 Å². The fourth-order valence-corrected chi connectivity index (χ4v) is 2.42. The fourth-order valence-electron chi connectivity index (χ4n) is 1.44. The van der Waals surface area contributed by atoms with Crippen LogP contribution in [0.5, 0.6) is 0 Å². The van der Waals surface area contributed by atoms with Crippen LogP contribution in [-0.4, -0.2) is 24.0 Å². The van der Waals surface area contributed by atoms with Gasteiger partial charge in [-0.3, -0.25) is 4.79 Å². The third-order valence-electron chi connectivity index (χ3n) is 2.46. The molecule has 0 aliphatic heterocycles. The molecule has 0 saturated heterocycles. The van der Waals surface area contributed by atoms with Crippen LogP contribution in [0.4, 0.5) is 18.9 Å². The second-order valence-corrected chi connectivity index (χ2v) is 6.00. The van der Waals surface area contributed by atoms with E-state index in [9.17, 15) is 18.0 Å². The molecule has 0 fully saturated rings. The summed E-state index contributed by atoms with van der Waals surface area (Å²) in [6.07, 6.45) is -2.12. The van der Waals surface area contributed by atoms with Gasteiger partial charge in [0.2, 0.25) is 5.91 Å². The average molecular weight is 371 g/mol. The molecule has 1 aromatic rings. The van der Waals surface area contributed by atoms with E-state index >= 15 is 0 Å². The van der Waals surface area contributed by atoms with Crippen LogP contribution >= 0.6 is 27.7 Å². The zero-order chi connectivity index (χ0) is 15.3.